The largest absolute Gasteiger partial charge is 0.449 e. The summed E-state index contributed by atoms with van der Waals surface area (Å²) in [7, 11) is 0. The minimum atomic E-state index is -0.404. The predicted molar refractivity (Wildman–Crippen MR) is 106 cm³/mol. The molecule has 0 spiro atoms. The molecule has 2 N–H and O–H groups in total. The number of ether oxygens (including phenoxy) is 1. The van der Waals surface area contributed by atoms with E-state index < -0.39 is 6.09 Å². The highest BCUT2D eigenvalue weighted by molar-refractivity contribution is 5.79. The second kappa shape index (κ2) is 7.01. The molecular formula is C23H27NO3. The molecule has 1 atom stereocenters. The molecule has 0 aromatic heterocycles. The van der Waals surface area contributed by atoms with Crippen molar-refractivity contribution in [3.05, 3.63) is 59.7 Å². The molecule has 1 fully saturated rings. The molecule has 1 amide bonds. The van der Waals surface area contributed by atoms with Crippen LogP contribution in [0.25, 0.3) is 11.1 Å². The number of aliphatic hydroxyl groups excluding tert-OH is 1. The molecule has 2 aliphatic rings. The summed E-state index contributed by atoms with van der Waals surface area (Å²) in [5.74, 6) is 0.260. The van der Waals surface area contributed by atoms with Crippen molar-refractivity contribution in [2.24, 2.45) is 11.3 Å². The van der Waals surface area contributed by atoms with Gasteiger partial charge in [0.2, 0.25) is 0 Å². The molecule has 27 heavy (non-hydrogen) atoms. The number of carbonyl (C=O) groups is 1. The van der Waals surface area contributed by atoms with Crippen LogP contribution in [0.5, 0.6) is 0 Å². The molecule has 1 saturated carbocycles. The summed E-state index contributed by atoms with van der Waals surface area (Å²) in [6, 6.07) is 16.6. The molecule has 1 unspecified atom stereocenters. The van der Waals surface area contributed by atoms with Crippen LogP contribution in [0.15, 0.2) is 48.5 Å². The average molecular weight is 365 g/mol. The Hall–Kier alpha value is -2.33. The Bertz CT molecular complexity index is 796. The summed E-state index contributed by atoms with van der Waals surface area (Å²) in [5, 5.41) is 13.2. The van der Waals surface area contributed by atoms with Crippen LogP contribution in [0.2, 0.25) is 0 Å². The minimum Gasteiger partial charge on any atom is -0.449 e. The van der Waals surface area contributed by atoms with Gasteiger partial charge in [-0.2, -0.15) is 0 Å². The molecule has 0 radical (unpaired) electrons. The van der Waals surface area contributed by atoms with Crippen LogP contribution in [-0.2, 0) is 4.74 Å². The van der Waals surface area contributed by atoms with Crippen molar-refractivity contribution >= 4 is 6.09 Å². The van der Waals surface area contributed by atoms with E-state index in [-0.39, 0.29) is 23.4 Å². The van der Waals surface area contributed by atoms with Crippen molar-refractivity contribution in [1.82, 2.24) is 5.32 Å². The van der Waals surface area contributed by atoms with Crippen LogP contribution in [0.3, 0.4) is 0 Å². The summed E-state index contributed by atoms with van der Waals surface area (Å²) in [5.41, 5.74) is 4.69. The third kappa shape index (κ3) is 3.34. The van der Waals surface area contributed by atoms with Crippen LogP contribution in [-0.4, -0.2) is 30.5 Å². The summed E-state index contributed by atoms with van der Waals surface area (Å²) in [6.45, 7) is 4.82. The van der Waals surface area contributed by atoms with E-state index in [1.54, 1.807) is 0 Å². The number of benzene rings is 2. The van der Waals surface area contributed by atoms with E-state index in [1.807, 2.05) is 38.1 Å². The monoisotopic (exact) mass is 365 g/mol. The Morgan fingerprint density at radius 1 is 1.11 bits per heavy atom. The molecule has 0 saturated heterocycles. The van der Waals surface area contributed by atoms with Crippen molar-refractivity contribution in [2.45, 2.75) is 38.7 Å². The summed E-state index contributed by atoms with van der Waals surface area (Å²) in [4.78, 5) is 12.3. The van der Waals surface area contributed by atoms with Crippen LogP contribution >= 0.6 is 0 Å². The zero-order valence-electron chi connectivity index (χ0n) is 15.9. The lowest BCUT2D eigenvalue weighted by molar-refractivity contribution is 0.0491. The van der Waals surface area contributed by atoms with Gasteiger partial charge in [0.25, 0.3) is 0 Å². The normalized spacial score (nSPS) is 17.9. The average Bonchev–Trinajstić information content (AvgIpc) is 3.41. The highest BCUT2D eigenvalue weighted by Gasteiger charge is 2.50. The van der Waals surface area contributed by atoms with E-state index in [0.717, 1.165) is 12.8 Å². The highest BCUT2D eigenvalue weighted by atomic mass is 16.5. The number of amides is 1. The van der Waals surface area contributed by atoms with Gasteiger partial charge in [0.15, 0.2) is 0 Å². The molecule has 2 aromatic carbocycles. The number of nitrogens with one attached hydrogen (secondary N) is 1. The van der Waals surface area contributed by atoms with E-state index >= 15 is 0 Å². The molecule has 4 heteroatoms. The van der Waals surface area contributed by atoms with Gasteiger partial charge in [-0.1, -0.05) is 62.4 Å². The maximum atomic E-state index is 12.3. The Kier molecular flexibility index (Phi) is 4.68. The van der Waals surface area contributed by atoms with Gasteiger partial charge in [-0.25, -0.2) is 4.79 Å². The predicted octanol–water partition coefficient (Wildman–Crippen LogP) is 4.32. The standard InChI is InChI=1S/C23H27NO3/c1-15(2)21(25)23(11-12-23)14-24-22(26)27-13-20-18-9-5-3-7-16(18)17-8-4-6-10-19(17)20/h3-10,15,20-21,25H,11-14H2,1-2H3,(H,24,26). The van der Waals surface area contributed by atoms with Crippen LogP contribution < -0.4 is 5.32 Å². The van der Waals surface area contributed by atoms with Gasteiger partial charge < -0.3 is 15.2 Å². The quantitative estimate of drug-likeness (QED) is 0.801. The maximum absolute atomic E-state index is 12.3. The van der Waals surface area contributed by atoms with Crippen LogP contribution in [0.4, 0.5) is 4.79 Å². The molecule has 2 aromatic rings. The van der Waals surface area contributed by atoms with Crippen molar-refractivity contribution in [1.29, 1.82) is 0 Å². The highest BCUT2D eigenvalue weighted by Crippen LogP contribution is 2.50. The first-order valence-corrected chi connectivity index (χ1v) is 9.79. The zero-order chi connectivity index (χ0) is 19.0. The Morgan fingerprint density at radius 2 is 1.67 bits per heavy atom. The van der Waals surface area contributed by atoms with Crippen LogP contribution in [0, 0.1) is 11.3 Å². The van der Waals surface area contributed by atoms with Gasteiger partial charge in [-0.15, -0.1) is 0 Å². The van der Waals surface area contributed by atoms with E-state index in [4.69, 9.17) is 4.74 Å². The first kappa shape index (κ1) is 18.1. The van der Waals surface area contributed by atoms with E-state index in [1.165, 1.54) is 22.3 Å². The van der Waals surface area contributed by atoms with Crippen LogP contribution in [0.1, 0.15) is 43.7 Å². The minimum absolute atomic E-state index is 0.0688. The van der Waals surface area contributed by atoms with Gasteiger partial charge >= 0.3 is 6.09 Å². The molecule has 4 nitrogen and oxygen atoms in total. The Balaban J connectivity index is 1.39. The number of hydrogen-bond acceptors (Lipinski definition) is 3. The van der Waals surface area contributed by atoms with Crippen molar-refractivity contribution < 1.29 is 14.6 Å². The molecule has 2 aliphatic carbocycles. The Labute approximate surface area is 160 Å². The second-order valence-electron chi connectivity index (χ2n) is 8.23. The number of alkyl carbamates (subject to hydrolysis) is 1. The van der Waals surface area contributed by atoms with E-state index in [0.29, 0.717) is 13.2 Å². The van der Waals surface area contributed by atoms with Crippen molar-refractivity contribution in [2.75, 3.05) is 13.2 Å². The zero-order valence-corrected chi connectivity index (χ0v) is 15.9. The SMILES string of the molecule is CC(C)C(O)C1(CNC(=O)OCC2c3ccccc3-c3ccccc32)CC1. The summed E-state index contributed by atoms with van der Waals surface area (Å²) < 4.78 is 5.57. The number of hydrogen-bond donors (Lipinski definition) is 2. The summed E-state index contributed by atoms with van der Waals surface area (Å²) in [6.07, 6.45) is 1.12. The fourth-order valence-electron chi connectivity index (χ4n) is 4.34. The van der Waals surface area contributed by atoms with Crippen molar-refractivity contribution in [3.8, 4) is 11.1 Å². The van der Waals surface area contributed by atoms with Gasteiger partial charge in [0.05, 0.1) is 6.10 Å². The lowest BCUT2D eigenvalue weighted by Gasteiger charge is -2.25. The molecule has 4 rings (SSSR count). The molecule has 142 valence electrons. The second-order valence-corrected chi connectivity index (χ2v) is 8.23. The molecule has 0 bridgehead atoms. The summed E-state index contributed by atoms with van der Waals surface area (Å²) >= 11 is 0. The number of carbonyl (C=O) groups excluding carboxylic acids is 1. The first-order chi connectivity index (χ1) is 13.0. The van der Waals surface area contributed by atoms with Gasteiger partial charge in [-0.3, -0.25) is 0 Å². The molecular weight excluding hydrogens is 338 g/mol. The lowest BCUT2D eigenvalue weighted by atomic mass is 9.90. The van der Waals surface area contributed by atoms with E-state index in [2.05, 4.69) is 29.6 Å². The fraction of sp³-hybridized carbons (Fsp3) is 0.435. The first-order valence-electron chi connectivity index (χ1n) is 9.79. The smallest absolute Gasteiger partial charge is 0.407 e. The van der Waals surface area contributed by atoms with Crippen molar-refractivity contribution in [3.63, 3.8) is 0 Å². The Morgan fingerprint density at radius 3 is 2.19 bits per heavy atom. The number of fused-ring (bicyclic) bond motifs is 3. The number of rotatable bonds is 6. The third-order valence-electron chi connectivity index (χ3n) is 6.08. The van der Waals surface area contributed by atoms with Gasteiger partial charge in [0, 0.05) is 17.9 Å². The van der Waals surface area contributed by atoms with Gasteiger partial charge in [-0.05, 0) is 41.0 Å². The number of aliphatic hydroxyl groups is 1. The molecule has 0 aliphatic heterocycles. The fourth-order valence-corrected chi connectivity index (χ4v) is 4.34. The van der Waals surface area contributed by atoms with Gasteiger partial charge in [0.1, 0.15) is 6.61 Å². The van der Waals surface area contributed by atoms with E-state index in [9.17, 15) is 9.90 Å². The maximum Gasteiger partial charge on any atom is 0.407 e. The topological polar surface area (TPSA) is 58.6 Å². The third-order valence-corrected chi connectivity index (χ3v) is 6.08. The molecule has 0 heterocycles. The lowest BCUT2D eigenvalue weighted by Crippen LogP contribution is -2.39.